The first-order valence-electron chi connectivity index (χ1n) is 5.61. The molecule has 0 fully saturated rings. The summed E-state index contributed by atoms with van der Waals surface area (Å²) in [6.07, 6.45) is 2.00. The van der Waals surface area contributed by atoms with Crippen LogP contribution in [0, 0.1) is 6.92 Å². The molecule has 0 aliphatic rings. The maximum Gasteiger partial charge on any atom is 0.229 e. The zero-order valence-electron chi connectivity index (χ0n) is 9.98. The Bertz CT molecular complexity index is 569. The predicted octanol–water partition coefficient (Wildman–Crippen LogP) is 3.33. The smallest absolute Gasteiger partial charge is 0.229 e. The highest BCUT2D eigenvalue weighted by Crippen LogP contribution is 2.18. The van der Waals surface area contributed by atoms with E-state index in [0.717, 1.165) is 15.6 Å². The van der Waals surface area contributed by atoms with Gasteiger partial charge in [-0.1, -0.05) is 29.8 Å². The van der Waals surface area contributed by atoms with Crippen LogP contribution in [0.1, 0.15) is 11.1 Å². The summed E-state index contributed by atoms with van der Waals surface area (Å²) in [5, 5.41) is 2.78. The summed E-state index contributed by atoms with van der Waals surface area (Å²) >= 11 is 3.34. The minimum Gasteiger partial charge on any atom is -0.309 e. The molecule has 18 heavy (non-hydrogen) atoms. The van der Waals surface area contributed by atoms with Crippen LogP contribution in [0.5, 0.6) is 0 Å². The van der Waals surface area contributed by atoms with E-state index in [1.54, 1.807) is 12.3 Å². The van der Waals surface area contributed by atoms with Gasteiger partial charge in [-0.2, -0.15) is 0 Å². The summed E-state index contributed by atoms with van der Waals surface area (Å²) in [4.78, 5) is 16.0. The number of hydrogen-bond donors (Lipinski definition) is 1. The number of benzene rings is 1. The normalized spacial score (nSPS) is 10.1. The Labute approximate surface area is 114 Å². The number of nitrogens with one attached hydrogen (secondary N) is 1. The van der Waals surface area contributed by atoms with Gasteiger partial charge in [-0.05, 0) is 40.5 Å². The Balaban J connectivity index is 2.03. The number of carbonyl (C=O) groups is 1. The van der Waals surface area contributed by atoms with E-state index in [0.29, 0.717) is 12.2 Å². The zero-order valence-corrected chi connectivity index (χ0v) is 11.6. The molecule has 1 amide bonds. The first-order chi connectivity index (χ1) is 8.65. The van der Waals surface area contributed by atoms with Crippen LogP contribution in [-0.4, -0.2) is 10.9 Å². The second-order valence-electron chi connectivity index (χ2n) is 4.05. The van der Waals surface area contributed by atoms with Gasteiger partial charge in [0.1, 0.15) is 5.82 Å². The largest absolute Gasteiger partial charge is 0.309 e. The topological polar surface area (TPSA) is 42.0 Å². The second-order valence-corrected chi connectivity index (χ2v) is 4.90. The van der Waals surface area contributed by atoms with Crippen molar-refractivity contribution in [3.63, 3.8) is 0 Å². The Morgan fingerprint density at radius 1 is 1.33 bits per heavy atom. The quantitative estimate of drug-likeness (QED) is 0.945. The van der Waals surface area contributed by atoms with Crippen molar-refractivity contribution >= 4 is 27.7 Å². The molecule has 0 aliphatic heterocycles. The Hall–Kier alpha value is -1.68. The second kappa shape index (κ2) is 5.78. The molecule has 0 saturated heterocycles. The van der Waals surface area contributed by atoms with E-state index < -0.39 is 0 Å². The van der Waals surface area contributed by atoms with Gasteiger partial charge < -0.3 is 5.32 Å². The molecular weight excluding hydrogens is 292 g/mol. The Morgan fingerprint density at radius 3 is 2.89 bits per heavy atom. The van der Waals surface area contributed by atoms with Crippen molar-refractivity contribution in [1.29, 1.82) is 0 Å². The first kappa shape index (κ1) is 12.8. The van der Waals surface area contributed by atoms with Crippen molar-refractivity contribution < 1.29 is 4.79 Å². The molecule has 1 N–H and O–H groups in total. The lowest BCUT2D eigenvalue weighted by Crippen LogP contribution is -2.15. The van der Waals surface area contributed by atoms with Gasteiger partial charge in [-0.15, -0.1) is 0 Å². The third-order valence-corrected chi connectivity index (χ3v) is 3.10. The van der Waals surface area contributed by atoms with Gasteiger partial charge in [0.05, 0.1) is 10.9 Å². The van der Waals surface area contributed by atoms with Crippen molar-refractivity contribution in [2.75, 3.05) is 5.32 Å². The van der Waals surface area contributed by atoms with Crippen molar-refractivity contribution in [3.05, 3.63) is 58.2 Å². The molecule has 0 saturated carbocycles. The molecule has 0 aliphatic carbocycles. The van der Waals surface area contributed by atoms with Crippen LogP contribution in [0.3, 0.4) is 0 Å². The number of nitrogens with zero attached hydrogens (tertiary/aromatic N) is 1. The van der Waals surface area contributed by atoms with Crippen molar-refractivity contribution in [3.8, 4) is 0 Å². The lowest BCUT2D eigenvalue weighted by atomic mass is 10.1. The number of anilines is 1. The van der Waals surface area contributed by atoms with E-state index in [1.807, 2.05) is 37.3 Å². The van der Waals surface area contributed by atoms with Crippen molar-refractivity contribution in [1.82, 2.24) is 4.98 Å². The Morgan fingerprint density at radius 2 is 2.17 bits per heavy atom. The fourth-order valence-corrected chi connectivity index (χ4v) is 2.02. The zero-order chi connectivity index (χ0) is 13.0. The van der Waals surface area contributed by atoms with Gasteiger partial charge in [-0.25, -0.2) is 4.98 Å². The summed E-state index contributed by atoms with van der Waals surface area (Å²) in [5.41, 5.74) is 2.15. The van der Waals surface area contributed by atoms with Gasteiger partial charge >= 0.3 is 0 Å². The predicted molar refractivity (Wildman–Crippen MR) is 75.4 cm³/mol. The number of hydrogen-bond acceptors (Lipinski definition) is 2. The molecule has 3 nitrogen and oxygen atoms in total. The van der Waals surface area contributed by atoms with Crippen LogP contribution in [0.15, 0.2) is 47.1 Å². The minimum absolute atomic E-state index is 0.0694. The van der Waals surface area contributed by atoms with Crippen molar-refractivity contribution in [2.45, 2.75) is 13.3 Å². The molecule has 0 unspecified atom stereocenters. The monoisotopic (exact) mass is 304 g/mol. The number of aryl methyl sites for hydroxylation is 1. The molecule has 2 aromatic rings. The number of pyridine rings is 1. The third kappa shape index (κ3) is 3.40. The van der Waals surface area contributed by atoms with Gasteiger partial charge in [0.15, 0.2) is 0 Å². The molecule has 0 spiro atoms. The first-order valence-corrected chi connectivity index (χ1v) is 6.40. The number of amides is 1. The molecule has 1 aromatic carbocycles. The molecule has 92 valence electrons. The molecule has 0 bridgehead atoms. The van der Waals surface area contributed by atoms with Crippen molar-refractivity contribution in [2.24, 2.45) is 0 Å². The average Bonchev–Trinajstić information content (AvgIpc) is 2.32. The van der Waals surface area contributed by atoms with E-state index in [1.165, 1.54) is 0 Å². The maximum atomic E-state index is 11.9. The van der Waals surface area contributed by atoms with E-state index in [9.17, 15) is 4.79 Å². The number of halogens is 1. The number of rotatable bonds is 3. The number of carbonyl (C=O) groups excluding carboxylic acids is 1. The fourth-order valence-electron chi connectivity index (χ4n) is 1.66. The summed E-state index contributed by atoms with van der Waals surface area (Å²) < 4.78 is 0.780. The lowest BCUT2D eigenvalue weighted by Gasteiger charge is -2.06. The molecule has 1 aromatic heterocycles. The Kier molecular flexibility index (Phi) is 4.10. The van der Waals surface area contributed by atoms with Gasteiger partial charge in [0.25, 0.3) is 0 Å². The molecule has 2 rings (SSSR count). The molecule has 0 atom stereocenters. The summed E-state index contributed by atoms with van der Waals surface area (Å²) in [6.45, 7) is 2.01. The minimum atomic E-state index is -0.0694. The van der Waals surface area contributed by atoms with Crippen LogP contribution in [0.25, 0.3) is 0 Å². The molecular formula is C14H13BrN2O. The van der Waals surface area contributed by atoms with Crippen LogP contribution in [0.2, 0.25) is 0 Å². The molecule has 4 heteroatoms. The van der Waals surface area contributed by atoms with Crippen LogP contribution >= 0.6 is 15.9 Å². The van der Waals surface area contributed by atoms with E-state index in [-0.39, 0.29) is 5.91 Å². The van der Waals surface area contributed by atoms with Crippen LogP contribution in [-0.2, 0) is 11.2 Å². The maximum absolute atomic E-state index is 11.9. The van der Waals surface area contributed by atoms with Gasteiger partial charge in [0, 0.05) is 6.20 Å². The van der Waals surface area contributed by atoms with Gasteiger partial charge in [0.2, 0.25) is 5.91 Å². The van der Waals surface area contributed by atoms with E-state index in [2.05, 4.69) is 26.2 Å². The fraction of sp³-hybridized carbons (Fsp3) is 0.143. The van der Waals surface area contributed by atoms with Crippen LogP contribution in [0.4, 0.5) is 5.82 Å². The molecule has 0 radical (unpaired) electrons. The highest BCUT2D eigenvalue weighted by molar-refractivity contribution is 9.10. The van der Waals surface area contributed by atoms with Gasteiger partial charge in [-0.3, -0.25) is 4.79 Å². The average molecular weight is 305 g/mol. The summed E-state index contributed by atoms with van der Waals surface area (Å²) in [7, 11) is 0. The van der Waals surface area contributed by atoms with Crippen LogP contribution < -0.4 is 5.32 Å². The highest BCUT2D eigenvalue weighted by atomic mass is 79.9. The third-order valence-electron chi connectivity index (χ3n) is 2.46. The van der Waals surface area contributed by atoms with E-state index in [4.69, 9.17) is 0 Å². The van der Waals surface area contributed by atoms with E-state index >= 15 is 0 Å². The SMILES string of the molecule is Cc1cccc(CC(=O)Nc2ncccc2Br)c1. The number of aromatic nitrogens is 1. The molecule has 1 heterocycles. The summed E-state index contributed by atoms with van der Waals surface area (Å²) in [6, 6.07) is 11.6. The highest BCUT2D eigenvalue weighted by Gasteiger charge is 2.07. The lowest BCUT2D eigenvalue weighted by molar-refractivity contribution is -0.115. The standard InChI is InChI=1S/C14H13BrN2O/c1-10-4-2-5-11(8-10)9-13(18)17-14-12(15)6-3-7-16-14/h2-8H,9H2,1H3,(H,16,17,18). The summed E-state index contributed by atoms with van der Waals surface area (Å²) in [5.74, 6) is 0.482.